The summed E-state index contributed by atoms with van der Waals surface area (Å²) in [6.45, 7) is 3.18. The molecule has 0 saturated carbocycles. The van der Waals surface area contributed by atoms with Crippen LogP contribution in [0.4, 0.5) is 4.39 Å². The zero-order valence-corrected chi connectivity index (χ0v) is 43.4. The molecule has 0 saturated heterocycles. The van der Waals surface area contributed by atoms with Gasteiger partial charge in [-0.15, -0.1) is 0 Å². The van der Waals surface area contributed by atoms with Crippen LogP contribution in [0.3, 0.4) is 0 Å². The van der Waals surface area contributed by atoms with Crippen LogP contribution in [0.5, 0.6) is 0 Å². The third-order valence-corrected chi connectivity index (χ3v) is 12.0. The summed E-state index contributed by atoms with van der Waals surface area (Å²) in [5, 5.41) is 31.8. The molecule has 20 N–H and O–H groups in total. The van der Waals surface area contributed by atoms with E-state index in [0.717, 1.165) is 10.9 Å². The van der Waals surface area contributed by atoms with Gasteiger partial charge >= 0.3 is 0 Å². The lowest BCUT2D eigenvalue weighted by Gasteiger charge is -2.26. The monoisotopic (exact) mass is 1080 g/mol. The van der Waals surface area contributed by atoms with E-state index in [4.69, 9.17) is 28.7 Å². The molecule has 0 spiro atoms. The fourth-order valence-corrected chi connectivity index (χ4v) is 8.00. The molecular weight excluding hydrogens is 1000 g/mol. The number of fused-ring (bicyclic) bond motifs is 1. The molecule has 77 heavy (non-hydrogen) atoms. The Morgan fingerprint density at radius 1 is 0.649 bits per heavy atom. The molecule has 3 aromatic rings. The standard InChI is InChI=1S/C50H75FN16O10/c1-3-9-33(70)27-61-44(73)39(66-45(74)37(63-29(2)69)13-7-22-58-49(53)54)19-20-42(71)57-21-6-12-36(43(52)72)64-48(77)41(25-31-26-60-35-11-5-4-10-34(31)35)67-46(75)38(14-8-23-59-50(55)56)65-47(76)40(62-28-68)24-30-15-17-32(51)18-16-30/h4-5,10-11,15-18,26,28,33,36-41,60,70H,3,6-9,12-14,19-25,27H2,1-2H3,(H2,52,72)(H,57,71)(H,61,73)(H,62,68)(H,63,69)(H,64,77)(H,65,76)(H,66,74)(H,67,75)(H4,53,54,58)(H4,55,56,59)/t33-,36+,37+,38+,39+,40-,41+/m1/s1. The second kappa shape index (κ2) is 33.5. The molecule has 2 aromatic carbocycles. The van der Waals surface area contributed by atoms with E-state index in [1.807, 2.05) is 19.1 Å². The maximum Gasteiger partial charge on any atom is 0.243 e. The SMILES string of the molecule is CCC[C@@H](O)CNC(=O)[C@H](CCC(=O)NCCC[C@H](NC(=O)[C@H](Cc1c[nH]c2ccccc12)NC(=O)[C@H](CCCN=C(N)N)NC(=O)[C@@H](Cc1ccc(F)cc1)NC=O)C(N)=O)NC(=O)[C@H](CCCN=C(N)N)NC(C)=O. The fraction of sp³-hybridized carbons (Fsp3) is 0.500. The van der Waals surface area contributed by atoms with Crippen molar-refractivity contribution < 1.29 is 52.6 Å². The first kappa shape index (κ1) is 62.9. The molecule has 3 rings (SSSR count). The first-order chi connectivity index (χ1) is 36.7. The summed E-state index contributed by atoms with van der Waals surface area (Å²) in [6, 6.07) is 4.96. The zero-order valence-electron chi connectivity index (χ0n) is 43.4. The summed E-state index contributed by atoms with van der Waals surface area (Å²) >= 11 is 0. The summed E-state index contributed by atoms with van der Waals surface area (Å²) in [5.74, 6) is -6.61. The van der Waals surface area contributed by atoms with Crippen LogP contribution in [0.1, 0.15) is 89.2 Å². The van der Waals surface area contributed by atoms with Crippen molar-refractivity contribution in [3.8, 4) is 0 Å². The first-order valence-electron chi connectivity index (χ1n) is 25.3. The Bertz CT molecular complexity index is 2500. The van der Waals surface area contributed by atoms with Crippen molar-refractivity contribution in [1.29, 1.82) is 0 Å². The average molecular weight is 1080 g/mol. The van der Waals surface area contributed by atoms with Gasteiger partial charge in [0.2, 0.25) is 53.7 Å². The van der Waals surface area contributed by atoms with Crippen molar-refractivity contribution in [2.24, 2.45) is 38.7 Å². The highest BCUT2D eigenvalue weighted by atomic mass is 19.1. The Balaban J connectivity index is 1.76. The van der Waals surface area contributed by atoms with E-state index in [1.54, 1.807) is 18.3 Å². The number of aliphatic imine (C=N–C) groups is 2. The molecule has 0 unspecified atom stereocenters. The number of hydrogen-bond donors (Lipinski definition) is 15. The highest BCUT2D eigenvalue weighted by molar-refractivity contribution is 5.96. The highest BCUT2D eigenvalue weighted by Crippen LogP contribution is 2.20. The number of nitrogens with zero attached hydrogens (tertiary/aromatic N) is 2. The summed E-state index contributed by atoms with van der Waals surface area (Å²) in [7, 11) is 0. The number of para-hydroxylation sites is 1. The molecule has 1 heterocycles. The minimum Gasteiger partial charge on any atom is -0.391 e. The lowest BCUT2D eigenvalue weighted by molar-refractivity contribution is -0.134. The molecule has 0 aliphatic heterocycles. The smallest absolute Gasteiger partial charge is 0.243 e. The molecule has 1 aromatic heterocycles. The molecule has 0 fully saturated rings. The number of aliphatic hydroxyl groups is 1. The highest BCUT2D eigenvalue weighted by Gasteiger charge is 2.32. The van der Waals surface area contributed by atoms with E-state index < -0.39 is 95.4 Å². The van der Waals surface area contributed by atoms with Crippen molar-refractivity contribution in [1.82, 2.24) is 47.5 Å². The number of amides is 9. The molecular formula is C50H75FN16O10. The summed E-state index contributed by atoms with van der Waals surface area (Å²) in [5.41, 5.74) is 29.4. The molecule has 9 amide bonds. The summed E-state index contributed by atoms with van der Waals surface area (Å²) in [6.07, 6.45) is 2.13. The predicted molar refractivity (Wildman–Crippen MR) is 285 cm³/mol. The number of aromatic amines is 1. The number of hydrogen-bond acceptors (Lipinski definition) is 12. The molecule has 27 heteroatoms. The van der Waals surface area contributed by atoms with Crippen LogP contribution in [-0.2, 0) is 56.0 Å². The second-order valence-electron chi connectivity index (χ2n) is 18.2. The van der Waals surface area contributed by atoms with E-state index in [2.05, 4.69) is 57.5 Å². The lowest BCUT2D eigenvalue weighted by Crippen LogP contribution is -2.58. The number of H-pyrrole nitrogens is 1. The van der Waals surface area contributed by atoms with Crippen LogP contribution in [-0.4, -0.2) is 144 Å². The minimum absolute atomic E-state index is 0.0246. The summed E-state index contributed by atoms with van der Waals surface area (Å²) < 4.78 is 13.6. The Labute approximate surface area is 445 Å². The van der Waals surface area contributed by atoms with Gasteiger partial charge in [-0.05, 0) is 80.7 Å². The average Bonchev–Trinajstić information content (AvgIpc) is 3.79. The van der Waals surface area contributed by atoms with Gasteiger partial charge in [0.15, 0.2) is 11.9 Å². The van der Waals surface area contributed by atoms with Crippen LogP contribution < -0.4 is 71.2 Å². The van der Waals surface area contributed by atoms with Crippen molar-refractivity contribution >= 4 is 76.5 Å². The number of aromatic nitrogens is 1. The second-order valence-corrected chi connectivity index (χ2v) is 18.2. The van der Waals surface area contributed by atoms with Gasteiger partial charge < -0.3 is 81.3 Å². The topological polar surface area (TPSA) is 441 Å². The van der Waals surface area contributed by atoms with Crippen molar-refractivity contribution in [2.45, 2.75) is 133 Å². The Hall–Kier alpha value is -8.36. The van der Waals surface area contributed by atoms with Crippen molar-refractivity contribution in [2.75, 3.05) is 26.2 Å². The third kappa shape index (κ3) is 23.8. The maximum absolute atomic E-state index is 14.2. The van der Waals surface area contributed by atoms with Gasteiger partial charge in [0, 0.05) is 69.5 Å². The van der Waals surface area contributed by atoms with E-state index in [-0.39, 0.29) is 95.9 Å². The molecule has 26 nitrogen and oxygen atoms in total. The van der Waals surface area contributed by atoms with E-state index in [1.165, 1.54) is 31.2 Å². The third-order valence-electron chi connectivity index (χ3n) is 12.0. The van der Waals surface area contributed by atoms with E-state index >= 15 is 0 Å². The van der Waals surface area contributed by atoms with Crippen LogP contribution in [0.2, 0.25) is 0 Å². The molecule has 422 valence electrons. The van der Waals surface area contributed by atoms with Gasteiger partial charge in [0.25, 0.3) is 0 Å². The molecule has 0 aliphatic rings. The largest absolute Gasteiger partial charge is 0.391 e. The normalized spacial score (nSPS) is 13.6. The Kier molecular flexibility index (Phi) is 27.4. The van der Waals surface area contributed by atoms with Gasteiger partial charge in [-0.25, -0.2) is 4.39 Å². The number of rotatable bonds is 36. The van der Waals surface area contributed by atoms with Gasteiger partial charge in [-0.3, -0.25) is 53.1 Å². The number of aliphatic hydroxyl groups excluding tert-OH is 1. The van der Waals surface area contributed by atoms with E-state index in [0.29, 0.717) is 36.8 Å². The number of carbonyl (C=O) groups excluding carboxylic acids is 9. The zero-order chi connectivity index (χ0) is 56.9. The minimum atomic E-state index is -1.37. The fourth-order valence-electron chi connectivity index (χ4n) is 8.00. The van der Waals surface area contributed by atoms with Crippen LogP contribution in [0.25, 0.3) is 10.9 Å². The molecule has 0 aliphatic carbocycles. The number of nitrogens with one attached hydrogen (secondary N) is 9. The van der Waals surface area contributed by atoms with Crippen LogP contribution in [0, 0.1) is 5.82 Å². The molecule has 0 bridgehead atoms. The maximum atomic E-state index is 14.2. The van der Waals surface area contributed by atoms with Gasteiger partial charge in [-0.1, -0.05) is 43.7 Å². The first-order valence-corrected chi connectivity index (χ1v) is 25.3. The summed E-state index contributed by atoms with van der Waals surface area (Å²) in [4.78, 5) is 129. The Morgan fingerprint density at radius 2 is 1.19 bits per heavy atom. The predicted octanol–water partition coefficient (Wildman–Crippen LogP) is -2.80. The Morgan fingerprint density at radius 3 is 1.78 bits per heavy atom. The van der Waals surface area contributed by atoms with Crippen molar-refractivity contribution in [3.63, 3.8) is 0 Å². The van der Waals surface area contributed by atoms with Gasteiger partial charge in [0.05, 0.1) is 6.10 Å². The number of halogens is 1. The van der Waals surface area contributed by atoms with Crippen LogP contribution >= 0.6 is 0 Å². The van der Waals surface area contributed by atoms with Gasteiger partial charge in [0.1, 0.15) is 42.1 Å². The quantitative estimate of drug-likeness (QED) is 0.0121. The number of guanidine groups is 2. The van der Waals surface area contributed by atoms with Crippen LogP contribution in [0.15, 0.2) is 64.7 Å². The van der Waals surface area contributed by atoms with Crippen molar-refractivity contribution in [3.05, 3.63) is 71.7 Å². The number of benzene rings is 2. The molecule has 7 atom stereocenters. The number of carbonyl (C=O) groups is 9. The number of primary amides is 1. The number of nitrogens with two attached hydrogens (primary N) is 5. The lowest BCUT2D eigenvalue weighted by atomic mass is 10.0. The van der Waals surface area contributed by atoms with E-state index in [9.17, 15) is 52.6 Å². The van der Waals surface area contributed by atoms with Gasteiger partial charge in [-0.2, -0.15) is 0 Å². The molecule has 0 radical (unpaired) electrons.